The van der Waals surface area contributed by atoms with Crippen molar-refractivity contribution in [1.29, 1.82) is 0 Å². The van der Waals surface area contributed by atoms with Gasteiger partial charge >= 0.3 is 5.97 Å². The average molecular weight is 487 g/mol. The molecule has 2 rings (SSSR count). The van der Waals surface area contributed by atoms with E-state index in [4.69, 9.17) is 15.9 Å². The Balaban J connectivity index is 2.31. The number of methoxy groups -OCH3 is 2. The number of rotatable bonds is 6. The lowest BCUT2D eigenvalue weighted by Crippen LogP contribution is -2.34. The van der Waals surface area contributed by atoms with Crippen molar-refractivity contribution in [2.45, 2.75) is 0 Å². The Kier molecular flexibility index (Phi) is 6.93. The van der Waals surface area contributed by atoms with Gasteiger partial charge in [0.1, 0.15) is 13.2 Å². The summed E-state index contributed by atoms with van der Waals surface area (Å²) in [4.78, 5) is 36.7. The Labute approximate surface area is 168 Å². The van der Waals surface area contributed by atoms with Gasteiger partial charge in [-0.3, -0.25) is 19.3 Å². The molecule has 2 amide bonds. The molecule has 0 aromatic heterocycles. The molecule has 1 fully saturated rings. The zero-order valence-electron chi connectivity index (χ0n) is 13.9. The van der Waals surface area contributed by atoms with Crippen LogP contribution in [-0.4, -0.2) is 49.4 Å². The number of esters is 1. The van der Waals surface area contributed by atoms with E-state index < -0.39 is 23.7 Å². The van der Waals surface area contributed by atoms with E-state index in [1.54, 1.807) is 18.2 Å². The highest BCUT2D eigenvalue weighted by Crippen LogP contribution is 2.37. The highest BCUT2D eigenvalue weighted by atomic mass is 127. The van der Waals surface area contributed by atoms with E-state index in [2.05, 4.69) is 33.2 Å². The predicted molar refractivity (Wildman–Crippen MR) is 105 cm³/mol. The third kappa shape index (κ3) is 4.50. The van der Waals surface area contributed by atoms with Crippen LogP contribution in [0, 0.1) is 15.9 Å². The summed E-state index contributed by atoms with van der Waals surface area (Å²) in [7, 11) is 2.68. The maximum Gasteiger partial charge on any atom is 0.325 e. The fourth-order valence-corrected chi connectivity index (χ4v) is 3.68. The zero-order valence-corrected chi connectivity index (χ0v) is 16.9. The van der Waals surface area contributed by atoms with Crippen molar-refractivity contribution in [1.82, 2.24) is 4.90 Å². The number of thioether (sulfide) groups is 1. The van der Waals surface area contributed by atoms with E-state index >= 15 is 0 Å². The molecule has 1 aromatic rings. The third-order valence-corrected chi connectivity index (χ3v) is 4.95. The van der Waals surface area contributed by atoms with E-state index in [1.165, 1.54) is 14.2 Å². The monoisotopic (exact) mass is 487 g/mol. The van der Waals surface area contributed by atoms with Crippen LogP contribution in [0.25, 0.3) is 6.08 Å². The van der Waals surface area contributed by atoms with Gasteiger partial charge in [-0.2, -0.15) is 0 Å². The van der Waals surface area contributed by atoms with Crippen LogP contribution in [0.2, 0.25) is 0 Å². The van der Waals surface area contributed by atoms with Gasteiger partial charge in [0.2, 0.25) is 0 Å². The highest BCUT2D eigenvalue weighted by Gasteiger charge is 2.36. The number of imide groups is 1. The number of carbonyl (C=O) groups is 3. The molecule has 1 heterocycles. The molecule has 9 heteroatoms. The van der Waals surface area contributed by atoms with Crippen LogP contribution < -0.4 is 9.47 Å². The summed E-state index contributed by atoms with van der Waals surface area (Å²) in [6, 6.07) is 3.44. The van der Waals surface area contributed by atoms with Gasteiger partial charge in [0.05, 0.1) is 22.7 Å². The van der Waals surface area contributed by atoms with E-state index in [0.717, 1.165) is 20.2 Å². The molecule has 1 saturated heterocycles. The summed E-state index contributed by atoms with van der Waals surface area (Å²) in [6.45, 7) is -0.323. The second kappa shape index (κ2) is 8.95. The number of hydrogen-bond donors (Lipinski definition) is 0. The van der Waals surface area contributed by atoms with Crippen molar-refractivity contribution in [2.75, 3.05) is 27.4 Å². The Morgan fingerprint density at radius 3 is 2.73 bits per heavy atom. The predicted octanol–water partition coefficient (Wildman–Crippen LogP) is 2.52. The van der Waals surface area contributed by atoms with Crippen LogP contribution >= 0.6 is 34.4 Å². The molecule has 0 spiro atoms. The van der Waals surface area contributed by atoms with Crippen molar-refractivity contribution in [2.24, 2.45) is 0 Å². The summed E-state index contributed by atoms with van der Waals surface area (Å²) in [5.74, 6) is 2.12. The molecule has 0 radical (unpaired) electrons. The first-order chi connectivity index (χ1) is 12.4. The second-order valence-electron chi connectivity index (χ2n) is 4.87. The summed E-state index contributed by atoms with van der Waals surface area (Å²) >= 11 is 2.82. The number of benzene rings is 1. The molecule has 0 N–H and O–H groups in total. The van der Waals surface area contributed by atoms with Crippen molar-refractivity contribution >= 4 is 57.5 Å². The van der Waals surface area contributed by atoms with E-state index in [9.17, 15) is 14.4 Å². The van der Waals surface area contributed by atoms with Crippen molar-refractivity contribution in [3.05, 3.63) is 26.2 Å². The lowest BCUT2D eigenvalue weighted by molar-refractivity contribution is -0.143. The van der Waals surface area contributed by atoms with Gasteiger partial charge in [-0.05, 0) is 58.1 Å². The Bertz CT molecular complexity index is 829. The topological polar surface area (TPSA) is 82.1 Å². The Morgan fingerprint density at radius 2 is 2.12 bits per heavy atom. The first-order valence-electron chi connectivity index (χ1n) is 7.17. The molecule has 1 aliphatic rings. The molecular weight excluding hydrogens is 473 g/mol. The lowest BCUT2D eigenvalue weighted by Gasteiger charge is -2.12. The number of hydrogen-bond acceptors (Lipinski definition) is 7. The largest absolute Gasteiger partial charge is 0.493 e. The van der Waals surface area contributed by atoms with Crippen molar-refractivity contribution in [3.8, 4) is 23.8 Å². The minimum Gasteiger partial charge on any atom is -0.493 e. The molecule has 1 aromatic carbocycles. The van der Waals surface area contributed by atoms with Crippen LogP contribution in [0.5, 0.6) is 11.5 Å². The quantitative estimate of drug-likeness (QED) is 0.264. The van der Waals surface area contributed by atoms with Gasteiger partial charge in [-0.25, -0.2) is 0 Å². The first-order valence-corrected chi connectivity index (χ1v) is 9.06. The van der Waals surface area contributed by atoms with Crippen LogP contribution in [-0.2, 0) is 14.3 Å². The number of amides is 2. The van der Waals surface area contributed by atoms with Gasteiger partial charge in [0, 0.05) is 0 Å². The molecule has 136 valence electrons. The number of ether oxygens (including phenoxy) is 3. The number of carbonyl (C=O) groups excluding carboxylic acids is 3. The fraction of sp³-hybridized carbons (Fsp3) is 0.235. The number of halogens is 1. The molecule has 0 saturated carbocycles. The molecule has 0 bridgehead atoms. The third-order valence-electron chi connectivity index (χ3n) is 3.24. The Hall–Kier alpha value is -2.19. The maximum absolute atomic E-state index is 12.3. The van der Waals surface area contributed by atoms with Gasteiger partial charge in [-0.15, -0.1) is 6.42 Å². The van der Waals surface area contributed by atoms with Gasteiger partial charge in [0.25, 0.3) is 11.1 Å². The molecule has 26 heavy (non-hydrogen) atoms. The maximum atomic E-state index is 12.3. The zero-order chi connectivity index (χ0) is 19.3. The Morgan fingerprint density at radius 1 is 1.38 bits per heavy atom. The highest BCUT2D eigenvalue weighted by molar-refractivity contribution is 14.1. The number of terminal acetylenes is 1. The second-order valence-corrected chi connectivity index (χ2v) is 7.03. The normalized spacial score (nSPS) is 15.2. The van der Waals surface area contributed by atoms with Crippen molar-refractivity contribution in [3.63, 3.8) is 0 Å². The molecule has 0 aliphatic carbocycles. The van der Waals surface area contributed by atoms with E-state index in [0.29, 0.717) is 17.1 Å². The SMILES string of the molecule is C#CCOc1c(I)cc(/C=C2\SC(=O)N(CC(=O)OC)C2=O)cc1OC. The van der Waals surface area contributed by atoms with E-state index in [1.807, 2.05) is 0 Å². The minimum absolute atomic E-state index is 0.0954. The minimum atomic E-state index is -0.667. The average Bonchev–Trinajstić information content (AvgIpc) is 2.87. The van der Waals surface area contributed by atoms with Gasteiger partial charge < -0.3 is 14.2 Å². The number of nitrogens with zero attached hydrogens (tertiary/aromatic N) is 1. The molecular formula is C17H14INO6S. The summed E-state index contributed by atoms with van der Waals surface area (Å²) in [5.41, 5.74) is 0.642. The van der Waals surface area contributed by atoms with Crippen LogP contribution in [0.3, 0.4) is 0 Å². The smallest absolute Gasteiger partial charge is 0.325 e. The standard InChI is InChI=1S/C17H14INO6S/c1-4-5-25-15-11(18)6-10(7-12(15)23-2)8-13-16(21)19(17(22)26-13)9-14(20)24-3/h1,6-8H,5,9H2,2-3H3/b13-8-. The van der Waals surface area contributed by atoms with Crippen LogP contribution in [0.4, 0.5) is 4.79 Å². The van der Waals surface area contributed by atoms with Gasteiger partial charge in [-0.1, -0.05) is 5.92 Å². The first kappa shape index (κ1) is 20.1. The van der Waals surface area contributed by atoms with Crippen LogP contribution in [0.15, 0.2) is 17.0 Å². The molecule has 7 nitrogen and oxygen atoms in total. The van der Waals surface area contributed by atoms with Gasteiger partial charge in [0.15, 0.2) is 11.5 Å². The molecule has 1 aliphatic heterocycles. The molecule has 0 atom stereocenters. The van der Waals surface area contributed by atoms with E-state index in [-0.39, 0.29) is 11.5 Å². The van der Waals surface area contributed by atoms with Crippen molar-refractivity contribution < 1.29 is 28.6 Å². The fourth-order valence-electron chi connectivity index (χ4n) is 2.06. The summed E-state index contributed by atoms with van der Waals surface area (Å²) in [6.07, 6.45) is 6.76. The summed E-state index contributed by atoms with van der Waals surface area (Å²) in [5, 5.41) is -0.526. The summed E-state index contributed by atoms with van der Waals surface area (Å²) < 4.78 is 16.0. The molecule has 0 unspecified atom stereocenters. The van der Waals surface area contributed by atoms with Crippen LogP contribution in [0.1, 0.15) is 5.56 Å². The lowest BCUT2D eigenvalue weighted by atomic mass is 10.2.